The summed E-state index contributed by atoms with van der Waals surface area (Å²) in [5, 5.41) is 3.08. The maximum atomic E-state index is 6.11. The Morgan fingerprint density at radius 3 is 2.44 bits per heavy atom. The number of aryl methyl sites for hydroxylation is 1. The van der Waals surface area contributed by atoms with Gasteiger partial charge in [0.25, 0.3) is 5.52 Å². The minimum Gasteiger partial charge on any atom is -1.00 e. The fraction of sp³-hybridized carbons (Fsp3) is 0.0455. The normalized spacial score (nSPS) is 11.2. The topological polar surface area (TPSA) is 17.0 Å². The van der Waals surface area contributed by atoms with E-state index < -0.39 is 0 Å². The Hall–Kier alpha value is -2.20. The average Bonchev–Trinajstić information content (AvgIpc) is 3.03. The number of aromatic nitrogens is 1. The van der Waals surface area contributed by atoms with Gasteiger partial charge in [-0.05, 0) is 42.5 Å². The van der Waals surface area contributed by atoms with Crippen LogP contribution in [0.15, 0.2) is 87.0 Å². The zero-order chi connectivity index (χ0) is 17.7. The predicted octanol–water partition coefficient (Wildman–Crippen LogP) is 3.37. The molecule has 27 heavy (non-hydrogen) atoms. The fourth-order valence-corrected chi connectivity index (χ4v) is 4.51. The van der Waals surface area contributed by atoms with Crippen LogP contribution in [0.1, 0.15) is 0 Å². The second-order valence-corrected chi connectivity index (χ2v) is 7.81. The Kier molecular flexibility index (Phi) is 4.77. The standard InChI is InChI=1S/C22H15ClNOS.ClH/c1-24-18-6-4-8-21(26-15-11-9-14(23)10-12-15)17(18)13-20-22(24)16-5-2-3-7-19(16)25-20;/h2-13H,1H3;1H/q+1;/p-1. The van der Waals surface area contributed by atoms with Crippen LogP contribution in [0.4, 0.5) is 0 Å². The van der Waals surface area contributed by atoms with Crippen LogP contribution in [0.3, 0.4) is 0 Å². The second kappa shape index (κ2) is 7.08. The summed E-state index contributed by atoms with van der Waals surface area (Å²) in [4.78, 5) is 2.36. The third-order valence-corrected chi connectivity index (χ3v) is 5.99. The van der Waals surface area contributed by atoms with Crippen LogP contribution in [-0.2, 0) is 7.05 Å². The molecule has 0 radical (unpaired) electrons. The van der Waals surface area contributed by atoms with Crippen molar-refractivity contribution in [3.05, 3.63) is 77.8 Å². The van der Waals surface area contributed by atoms with Gasteiger partial charge in [0.1, 0.15) is 12.6 Å². The summed E-state index contributed by atoms with van der Waals surface area (Å²) >= 11 is 7.75. The van der Waals surface area contributed by atoms with Crippen molar-refractivity contribution in [3.8, 4) is 0 Å². The number of nitrogens with zero attached hydrogens (tertiary/aromatic N) is 1. The van der Waals surface area contributed by atoms with Crippen LogP contribution in [0.2, 0.25) is 5.02 Å². The third kappa shape index (κ3) is 3.06. The van der Waals surface area contributed by atoms with Gasteiger partial charge in [0.2, 0.25) is 5.52 Å². The molecule has 2 heterocycles. The highest BCUT2D eigenvalue weighted by atomic mass is 35.5. The molecule has 0 aliphatic carbocycles. The number of pyridine rings is 1. The van der Waals surface area contributed by atoms with Crippen LogP contribution in [0.25, 0.3) is 33.0 Å². The summed E-state index contributed by atoms with van der Waals surface area (Å²) < 4.78 is 8.34. The summed E-state index contributed by atoms with van der Waals surface area (Å²) in [6, 6.07) is 24.7. The molecule has 3 aromatic carbocycles. The molecule has 0 N–H and O–H groups in total. The van der Waals surface area contributed by atoms with Crippen molar-refractivity contribution in [2.24, 2.45) is 7.05 Å². The summed E-state index contributed by atoms with van der Waals surface area (Å²) in [6.45, 7) is 0. The minimum atomic E-state index is 0. The fourth-order valence-electron chi connectivity index (χ4n) is 3.43. The smallest absolute Gasteiger partial charge is 0.259 e. The molecule has 0 spiro atoms. The highest BCUT2D eigenvalue weighted by Crippen LogP contribution is 2.36. The zero-order valence-corrected chi connectivity index (χ0v) is 16.8. The van der Waals surface area contributed by atoms with Crippen molar-refractivity contribution < 1.29 is 21.4 Å². The van der Waals surface area contributed by atoms with E-state index in [0.29, 0.717) is 0 Å². The summed E-state index contributed by atoms with van der Waals surface area (Å²) in [5.74, 6) is 0. The predicted molar refractivity (Wildman–Crippen MR) is 108 cm³/mol. The van der Waals surface area contributed by atoms with E-state index in [1.54, 1.807) is 11.8 Å². The quantitative estimate of drug-likeness (QED) is 0.414. The molecule has 0 atom stereocenters. The van der Waals surface area contributed by atoms with Crippen molar-refractivity contribution in [2.45, 2.75) is 9.79 Å². The monoisotopic (exact) mass is 411 g/mol. The first-order valence-electron chi connectivity index (χ1n) is 8.37. The molecule has 5 heteroatoms. The Morgan fingerprint density at radius 1 is 0.852 bits per heavy atom. The van der Waals surface area contributed by atoms with Gasteiger partial charge in [-0.1, -0.05) is 41.6 Å². The van der Waals surface area contributed by atoms with Gasteiger partial charge in [0, 0.05) is 26.9 Å². The first-order chi connectivity index (χ1) is 12.7. The number of rotatable bonds is 2. The molecule has 0 unspecified atom stereocenters. The number of para-hydroxylation sites is 1. The highest BCUT2D eigenvalue weighted by molar-refractivity contribution is 7.99. The molecule has 0 saturated heterocycles. The van der Waals surface area contributed by atoms with Gasteiger partial charge in [-0.15, -0.1) is 0 Å². The molecular weight excluding hydrogens is 397 g/mol. The molecule has 0 fully saturated rings. The van der Waals surface area contributed by atoms with Gasteiger partial charge in [-0.25, -0.2) is 0 Å². The largest absolute Gasteiger partial charge is 1.00 e. The van der Waals surface area contributed by atoms with Gasteiger partial charge in [-0.3, -0.25) is 0 Å². The van der Waals surface area contributed by atoms with Crippen molar-refractivity contribution in [1.82, 2.24) is 0 Å². The van der Waals surface area contributed by atoms with Gasteiger partial charge in [-0.2, -0.15) is 4.57 Å². The van der Waals surface area contributed by atoms with Crippen LogP contribution < -0.4 is 17.0 Å². The molecule has 134 valence electrons. The highest BCUT2D eigenvalue weighted by Gasteiger charge is 2.20. The van der Waals surface area contributed by atoms with Crippen LogP contribution >= 0.6 is 23.4 Å². The van der Waals surface area contributed by atoms with E-state index in [1.807, 2.05) is 42.5 Å². The van der Waals surface area contributed by atoms with E-state index >= 15 is 0 Å². The molecule has 0 aliphatic heterocycles. The Labute approximate surface area is 172 Å². The van der Waals surface area contributed by atoms with Crippen molar-refractivity contribution in [3.63, 3.8) is 0 Å². The van der Waals surface area contributed by atoms with E-state index in [2.05, 4.69) is 41.9 Å². The lowest BCUT2D eigenvalue weighted by Gasteiger charge is -2.06. The molecule has 2 aromatic heterocycles. The van der Waals surface area contributed by atoms with E-state index in [4.69, 9.17) is 16.0 Å². The lowest BCUT2D eigenvalue weighted by Crippen LogP contribution is -3.00. The first-order valence-corrected chi connectivity index (χ1v) is 9.56. The number of halogens is 2. The Morgan fingerprint density at radius 2 is 1.63 bits per heavy atom. The van der Waals surface area contributed by atoms with E-state index in [0.717, 1.165) is 32.0 Å². The van der Waals surface area contributed by atoms with Crippen LogP contribution in [-0.4, -0.2) is 0 Å². The average molecular weight is 412 g/mol. The maximum Gasteiger partial charge on any atom is 0.259 e. The number of hydrogen-bond acceptors (Lipinski definition) is 2. The van der Waals surface area contributed by atoms with Crippen molar-refractivity contribution in [2.75, 3.05) is 0 Å². The summed E-state index contributed by atoms with van der Waals surface area (Å²) in [5.41, 5.74) is 4.13. The number of furan rings is 1. The Bertz CT molecular complexity index is 1280. The molecule has 5 rings (SSSR count). The van der Waals surface area contributed by atoms with Crippen LogP contribution in [0, 0.1) is 0 Å². The molecular formula is C22H15Cl2NOS. The number of fused-ring (bicyclic) bond motifs is 4. The third-order valence-electron chi connectivity index (χ3n) is 4.65. The van der Waals surface area contributed by atoms with Crippen molar-refractivity contribution in [1.29, 1.82) is 0 Å². The van der Waals surface area contributed by atoms with Crippen molar-refractivity contribution >= 4 is 56.3 Å². The van der Waals surface area contributed by atoms with Gasteiger partial charge in [0.15, 0.2) is 5.58 Å². The minimum absolute atomic E-state index is 0. The van der Waals surface area contributed by atoms with E-state index in [-0.39, 0.29) is 12.4 Å². The molecule has 0 aliphatic rings. The lowest BCUT2D eigenvalue weighted by atomic mass is 10.1. The van der Waals surface area contributed by atoms with E-state index in [1.165, 1.54) is 15.8 Å². The molecule has 0 amide bonds. The van der Waals surface area contributed by atoms with Gasteiger partial charge in [0.05, 0.1) is 10.8 Å². The number of benzene rings is 3. The Balaban J connectivity index is 0.00000180. The first kappa shape index (κ1) is 18.2. The second-order valence-electron chi connectivity index (χ2n) is 6.26. The molecule has 0 saturated carbocycles. The maximum absolute atomic E-state index is 6.11. The van der Waals surface area contributed by atoms with Gasteiger partial charge < -0.3 is 16.8 Å². The SMILES string of the molecule is C[n+]1c2cccc(Sc3ccc(Cl)cc3)c2cc2oc3ccccc3c21.[Cl-]. The molecule has 5 aromatic rings. The number of hydrogen-bond donors (Lipinski definition) is 0. The van der Waals surface area contributed by atoms with Crippen LogP contribution in [0.5, 0.6) is 0 Å². The zero-order valence-electron chi connectivity index (χ0n) is 14.4. The summed E-state index contributed by atoms with van der Waals surface area (Å²) in [6.07, 6.45) is 0. The molecule has 0 bridgehead atoms. The summed E-state index contributed by atoms with van der Waals surface area (Å²) in [7, 11) is 2.10. The molecule has 2 nitrogen and oxygen atoms in total. The lowest BCUT2D eigenvalue weighted by molar-refractivity contribution is -0.617. The van der Waals surface area contributed by atoms with E-state index in [9.17, 15) is 0 Å². The van der Waals surface area contributed by atoms with Gasteiger partial charge >= 0.3 is 0 Å².